The highest BCUT2D eigenvalue weighted by molar-refractivity contribution is 5.79. The summed E-state index contributed by atoms with van der Waals surface area (Å²) < 4.78 is 12.2. The molecule has 2 saturated carbocycles. The summed E-state index contributed by atoms with van der Waals surface area (Å²) in [5.74, 6) is 1.32. The van der Waals surface area contributed by atoms with Gasteiger partial charge in [-0.15, -0.1) is 0 Å². The van der Waals surface area contributed by atoms with E-state index >= 15 is 0 Å². The van der Waals surface area contributed by atoms with Crippen molar-refractivity contribution in [3.05, 3.63) is 11.8 Å². The van der Waals surface area contributed by atoms with Crippen molar-refractivity contribution in [2.75, 3.05) is 20.3 Å². The van der Waals surface area contributed by atoms with Crippen LogP contribution in [-0.4, -0.2) is 48.1 Å². The molecule has 2 heterocycles. The highest BCUT2D eigenvalue weighted by Crippen LogP contribution is 2.67. The molecule has 0 aromatic heterocycles. The monoisotopic (exact) mass is 389 g/mol. The van der Waals surface area contributed by atoms with Crippen LogP contribution in [0.5, 0.6) is 0 Å². The third-order valence-electron chi connectivity index (χ3n) is 9.44. The molecule has 156 valence electrons. The first-order valence-corrected chi connectivity index (χ1v) is 11.1. The van der Waals surface area contributed by atoms with Crippen molar-refractivity contribution in [1.29, 1.82) is 0 Å². The lowest BCUT2D eigenvalue weighted by atomic mass is 9.47. The summed E-state index contributed by atoms with van der Waals surface area (Å²) in [6, 6.07) is 0. The smallest absolute Gasteiger partial charge is 0.226 e. The van der Waals surface area contributed by atoms with Gasteiger partial charge in [-0.2, -0.15) is 0 Å². The second kappa shape index (κ2) is 6.05. The number of nitrogens with zero attached hydrogens (tertiary/aromatic N) is 1. The lowest BCUT2D eigenvalue weighted by Crippen LogP contribution is -2.59. The fourth-order valence-electron chi connectivity index (χ4n) is 8.31. The van der Waals surface area contributed by atoms with Crippen LogP contribution in [0.2, 0.25) is 0 Å². The number of likely N-dealkylation sites (tertiary alicyclic amines) is 1. The van der Waals surface area contributed by atoms with Gasteiger partial charge in [-0.05, 0) is 62.2 Å². The van der Waals surface area contributed by atoms with Gasteiger partial charge in [-0.25, -0.2) is 0 Å². The number of rotatable bonds is 1. The van der Waals surface area contributed by atoms with Crippen molar-refractivity contribution in [1.82, 2.24) is 4.90 Å². The van der Waals surface area contributed by atoms with Gasteiger partial charge in [0.25, 0.3) is 0 Å². The van der Waals surface area contributed by atoms with E-state index in [9.17, 15) is 9.90 Å². The zero-order chi connectivity index (χ0) is 19.9. The highest BCUT2D eigenvalue weighted by Gasteiger charge is 2.65. The quantitative estimate of drug-likeness (QED) is 0.747. The minimum atomic E-state index is -0.507. The Labute approximate surface area is 168 Å². The third kappa shape index (κ3) is 2.33. The Morgan fingerprint density at radius 1 is 1.18 bits per heavy atom. The van der Waals surface area contributed by atoms with Gasteiger partial charge in [0, 0.05) is 30.5 Å². The Hall–Kier alpha value is -0.910. The Bertz CT molecular complexity index is 713. The second-order valence-corrected chi connectivity index (χ2v) is 10.6. The summed E-state index contributed by atoms with van der Waals surface area (Å²) in [5, 5.41) is 11.5. The molecule has 1 unspecified atom stereocenters. The fourth-order valence-corrected chi connectivity index (χ4v) is 8.31. The van der Waals surface area contributed by atoms with E-state index in [1.54, 1.807) is 0 Å². The number of amides is 1. The van der Waals surface area contributed by atoms with Crippen LogP contribution in [0, 0.1) is 34.5 Å². The van der Waals surface area contributed by atoms with Gasteiger partial charge in [-0.1, -0.05) is 19.9 Å². The van der Waals surface area contributed by atoms with Crippen molar-refractivity contribution < 1.29 is 19.4 Å². The minimum absolute atomic E-state index is 0.0394. The molecule has 0 bridgehead atoms. The maximum atomic E-state index is 12.3. The molecule has 2 aliphatic heterocycles. The number of piperidine rings is 1. The lowest BCUT2D eigenvalue weighted by molar-refractivity contribution is -0.224. The molecular formula is C23H35NO4. The van der Waals surface area contributed by atoms with Gasteiger partial charge in [0.1, 0.15) is 0 Å². The third-order valence-corrected chi connectivity index (χ3v) is 9.44. The van der Waals surface area contributed by atoms with Crippen molar-refractivity contribution in [2.45, 2.75) is 71.2 Å². The molecule has 0 aromatic carbocycles. The molecule has 3 aliphatic carbocycles. The van der Waals surface area contributed by atoms with Gasteiger partial charge >= 0.3 is 0 Å². The SMILES string of the molecule is CN1C(=O)CC[C@@]2(C)C1=CC[C@@H]1[C@@H]2[C@@H](O)C[C@]2(C)C(C3(C)OCCO3)CC[C@@H]12. The molecule has 5 aliphatic rings. The van der Waals surface area contributed by atoms with Gasteiger partial charge in [-0.3, -0.25) is 4.79 Å². The largest absolute Gasteiger partial charge is 0.393 e. The predicted molar refractivity (Wildman–Crippen MR) is 105 cm³/mol. The van der Waals surface area contributed by atoms with Crippen LogP contribution in [-0.2, 0) is 14.3 Å². The molecule has 5 heteroatoms. The Morgan fingerprint density at radius 2 is 1.89 bits per heavy atom. The van der Waals surface area contributed by atoms with Crippen LogP contribution >= 0.6 is 0 Å². The summed E-state index contributed by atoms with van der Waals surface area (Å²) in [4.78, 5) is 14.1. The molecule has 0 radical (unpaired) electrons. The van der Waals surface area contributed by atoms with E-state index < -0.39 is 5.79 Å². The molecule has 0 spiro atoms. The number of ether oxygens (including phenoxy) is 2. The van der Waals surface area contributed by atoms with E-state index in [1.807, 2.05) is 11.9 Å². The molecule has 2 saturated heterocycles. The summed E-state index contributed by atoms with van der Waals surface area (Å²) >= 11 is 0. The van der Waals surface area contributed by atoms with E-state index in [0.717, 1.165) is 31.4 Å². The summed E-state index contributed by atoms with van der Waals surface area (Å²) in [6.45, 7) is 8.13. The van der Waals surface area contributed by atoms with E-state index in [2.05, 4.69) is 26.8 Å². The van der Waals surface area contributed by atoms with Crippen LogP contribution in [0.25, 0.3) is 0 Å². The zero-order valence-electron chi connectivity index (χ0n) is 17.7. The van der Waals surface area contributed by atoms with Crippen LogP contribution < -0.4 is 0 Å². The Balaban J connectivity index is 1.51. The van der Waals surface area contributed by atoms with Crippen LogP contribution in [0.4, 0.5) is 0 Å². The number of aliphatic hydroxyl groups excluding tert-OH is 1. The zero-order valence-corrected chi connectivity index (χ0v) is 17.7. The van der Waals surface area contributed by atoms with E-state index in [1.165, 1.54) is 6.42 Å². The molecule has 5 nitrogen and oxygen atoms in total. The maximum Gasteiger partial charge on any atom is 0.226 e. The van der Waals surface area contributed by atoms with E-state index in [-0.39, 0.29) is 28.8 Å². The molecule has 4 fully saturated rings. The average Bonchev–Trinajstić information content (AvgIpc) is 3.22. The van der Waals surface area contributed by atoms with Gasteiger partial charge in [0.15, 0.2) is 5.79 Å². The van der Waals surface area contributed by atoms with Crippen LogP contribution in [0.1, 0.15) is 59.3 Å². The van der Waals surface area contributed by atoms with Crippen molar-refractivity contribution in [3.63, 3.8) is 0 Å². The number of fused-ring (bicyclic) bond motifs is 5. The number of hydrogen-bond acceptors (Lipinski definition) is 4. The summed E-state index contributed by atoms with van der Waals surface area (Å²) in [5.41, 5.74) is 1.09. The standard InChI is InChI=1S/C23H35NO4/c1-21-10-9-19(26)24(4)18(21)8-5-14-15-6-7-17(23(3)27-11-12-28-23)22(15,2)13-16(25)20(14)21/h8,14-17,20,25H,5-7,9-13H2,1-4H3/t14-,15-,16-,17?,20+,21-,22-/m0/s1. The molecular weight excluding hydrogens is 354 g/mol. The molecule has 1 amide bonds. The van der Waals surface area contributed by atoms with E-state index in [4.69, 9.17) is 9.47 Å². The van der Waals surface area contributed by atoms with E-state index in [0.29, 0.717) is 37.4 Å². The topological polar surface area (TPSA) is 59.0 Å². The average molecular weight is 390 g/mol. The molecule has 28 heavy (non-hydrogen) atoms. The lowest BCUT2D eigenvalue weighted by Gasteiger charge is -2.60. The maximum absolute atomic E-state index is 12.3. The Kier molecular flexibility index (Phi) is 4.12. The first kappa shape index (κ1) is 19.1. The Morgan fingerprint density at radius 3 is 2.61 bits per heavy atom. The molecule has 7 atom stereocenters. The predicted octanol–water partition coefficient (Wildman–Crippen LogP) is 3.33. The number of hydrogen-bond donors (Lipinski definition) is 1. The van der Waals surface area contributed by atoms with Crippen molar-refractivity contribution >= 4 is 5.91 Å². The fraction of sp³-hybridized carbons (Fsp3) is 0.870. The van der Waals surface area contributed by atoms with Gasteiger partial charge in [0.2, 0.25) is 5.91 Å². The normalized spacial score (nSPS) is 50.0. The first-order valence-electron chi connectivity index (χ1n) is 11.1. The van der Waals surface area contributed by atoms with Crippen LogP contribution in [0.3, 0.4) is 0 Å². The number of allylic oxidation sites excluding steroid dienone is 2. The van der Waals surface area contributed by atoms with Crippen molar-refractivity contribution in [2.24, 2.45) is 34.5 Å². The summed E-state index contributed by atoms with van der Waals surface area (Å²) in [7, 11) is 1.91. The molecule has 1 N–H and O–H groups in total. The molecule has 5 rings (SSSR count). The number of carbonyl (C=O) groups excluding carboxylic acids is 1. The minimum Gasteiger partial charge on any atom is -0.393 e. The number of aliphatic hydroxyl groups is 1. The van der Waals surface area contributed by atoms with Crippen molar-refractivity contribution in [3.8, 4) is 0 Å². The highest BCUT2D eigenvalue weighted by atomic mass is 16.7. The second-order valence-electron chi connectivity index (χ2n) is 10.6. The molecule has 0 aromatic rings. The first-order chi connectivity index (χ1) is 13.2. The number of carbonyl (C=O) groups is 1. The van der Waals surface area contributed by atoms with Gasteiger partial charge < -0.3 is 19.5 Å². The summed E-state index contributed by atoms with van der Waals surface area (Å²) in [6.07, 6.45) is 7.50. The van der Waals surface area contributed by atoms with Crippen LogP contribution in [0.15, 0.2) is 11.8 Å². The van der Waals surface area contributed by atoms with Gasteiger partial charge in [0.05, 0.1) is 19.3 Å².